The Labute approximate surface area is 141 Å². The number of rotatable bonds is 5. The summed E-state index contributed by atoms with van der Waals surface area (Å²) >= 11 is 0. The maximum Gasteiger partial charge on any atom is 0.273 e. The largest absolute Gasteiger partial charge is 0.345 e. The molecule has 24 heavy (non-hydrogen) atoms. The fourth-order valence-electron chi connectivity index (χ4n) is 2.81. The lowest BCUT2D eigenvalue weighted by molar-refractivity contribution is -0.385. The first-order chi connectivity index (χ1) is 11.3. The monoisotopic (exact) mass is 326 g/mol. The third-order valence-electron chi connectivity index (χ3n) is 4.18. The predicted molar refractivity (Wildman–Crippen MR) is 94.2 cm³/mol. The summed E-state index contributed by atoms with van der Waals surface area (Å²) in [6.45, 7) is 7.71. The van der Waals surface area contributed by atoms with Gasteiger partial charge in [0.2, 0.25) is 0 Å². The van der Waals surface area contributed by atoms with Crippen LogP contribution in [0.4, 0.5) is 5.69 Å². The number of amides is 1. The van der Waals surface area contributed by atoms with Crippen molar-refractivity contribution in [3.05, 3.63) is 74.3 Å². The Morgan fingerprint density at radius 1 is 1.12 bits per heavy atom. The Balaban J connectivity index is 2.27. The van der Waals surface area contributed by atoms with Gasteiger partial charge < -0.3 is 5.32 Å². The summed E-state index contributed by atoms with van der Waals surface area (Å²) in [4.78, 5) is 23.1. The highest BCUT2D eigenvalue weighted by Gasteiger charge is 2.19. The normalized spacial score (nSPS) is 11.8. The topological polar surface area (TPSA) is 72.2 Å². The van der Waals surface area contributed by atoms with Crippen molar-refractivity contribution in [2.24, 2.45) is 0 Å². The fraction of sp³-hybridized carbons (Fsp3) is 0.316. The molecule has 0 aliphatic rings. The molecule has 0 heterocycles. The average Bonchev–Trinajstić information content (AvgIpc) is 2.53. The van der Waals surface area contributed by atoms with E-state index in [1.54, 1.807) is 19.1 Å². The molecular formula is C19H22N2O3. The van der Waals surface area contributed by atoms with Crippen LogP contribution in [0.5, 0.6) is 0 Å². The molecule has 126 valence electrons. The maximum absolute atomic E-state index is 12.5. The van der Waals surface area contributed by atoms with E-state index in [4.69, 9.17) is 0 Å². The van der Waals surface area contributed by atoms with Crippen LogP contribution >= 0.6 is 0 Å². The first kappa shape index (κ1) is 17.7. The van der Waals surface area contributed by atoms with E-state index in [1.165, 1.54) is 11.6 Å². The number of carbonyl (C=O) groups excluding carboxylic acids is 1. The summed E-state index contributed by atoms with van der Waals surface area (Å²) in [6.07, 6.45) is 0.740. The summed E-state index contributed by atoms with van der Waals surface area (Å²) in [5.41, 5.74) is 4.16. The second-order valence-corrected chi connectivity index (χ2v) is 6.05. The van der Waals surface area contributed by atoms with E-state index >= 15 is 0 Å². The van der Waals surface area contributed by atoms with Crippen molar-refractivity contribution >= 4 is 11.6 Å². The summed E-state index contributed by atoms with van der Waals surface area (Å²) < 4.78 is 0. The number of hydrogen-bond acceptors (Lipinski definition) is 3. The van der Waals surface area contributed by atoms with Crippen LogP contribution in [0, 0.1) is 30.9 Å². The summed E-state index contributed by atoms with van der Waals surface area (Å²) in [7, 11) is 0. The Kier molecular flexibility index (Phi) is 5.34. The Hall–Kier alpha value is -2.69. The van der Waals surface area contributed by atoms with Crippen LogP contribution in [0.15, 0.2) is 36.4 Å². The first-order valence-electron chi connectivity index (χ1n) is 7.96. The van der Waals surface area contributed by atoms with Gasteiger partial charge in [0.25, 0.3) is 11.6 Å². The molecule has 0 radical (unpaired) electrons. The van der Waals surface area contributed by atoms with Gasteiger partial charge in [0.05, 0.1) is 11.0 Å². The van der Waals surface area contributed by atoms with Crippen molar-refractivity contribution in [2.75, 3.05) is 0 Å². The minimum atomic E-state index is -0.465. The number of nitrogens with zero attached hydrogens (tertiary/aromatic N) is 1. The highest BCUT2D eigenvalue weighted by Crippen LogP contribution is 2.23. The zero-order valence-corrected chi connectivity index (χ0v) is 14.4. The summed E-state index contributed by atoms with van der Waals surface area (Å²) in [5, 5.41) is 14.0. The molecule has 0 fully saturated rings. The lowest BCUT2D eigenvalue weighted by atomic mass is 9.97. The van der Waals surface area contributed by atoms with E-state index in [0.29, 0.717) is 11.1 Å². The van der Waals surface area contributed by atoms with E-state index in [9.17, 15) is 14.9 Å². The molecule has 1 N–H and O–H groups in total. The molecule has 2 aromatic carbocycles. The Morgan fingerprint density at radius 3 is 2.42 bits per heavy atom. The maximum atomic E-state index is 12.5. The van der Waals surface area contributed by atoms with Gasteiger partial charge in [0.15, 0.2) is 0 Å². The lowest BCUT2D eigenvalue weighted by Crippen LogP contribution is -2.28. The summed E-state index contributed by atoms with van der Waals surface area (Å²) in [6, 6.07) is 10.6. The minimum Gasteiger partial charge on any atom is -0.345 e. The van der Waals surface area contributed by atoms with Crippen molar-refractivity contribution in [3.8, 4) is 0 Å². The van der Waals surface area contributed by atoms with Crippen LogP contribution in [0.25, 0.3) is 0 Å². The molecule has 5 nitrogen and oxygen atoms in total. The molecule has 2 aromatic rings. The van der Waals surface area contributed by atoms with E-state index in [-0.39, 0.29) is 17.6 Å². The van der Waals surface area contributed by atoms with Gasteiger partial charge in [-0.05, 0) is 44.4 Å². The van der Waals surface area contributed by atoms with Crippen LogP contribution in [-0.2, 0) is 0 Å². The second-order valence-electron chi connectivity index (χ2n) is 6.05. The average molecular weight is 326 g/mol. The van der Waals surface area contributed by atoms with Gasteiger partial charge in [-0.15, -0.1) is 0 Å². The van der Waals surface area contributed by atoms with Crippen molar-refractivity contribution in [1.29, 1.82) is 0 Å². The number of nitro benzene ring substituents is 1. The summed E-state index contributed by atoms with van der Waals surface area (Å²) in [5.74, 6) is -0.301. The van der Waals surface area contributed by atoms with Crippen LogP contribution < -0.4 is 5.32 Å². The van der Waals surface area contributed by atoms with Crippen molar-refractivity contribution in [3.63, 3.8) is 0 Å². The number of benzene rings is 2. The molecule has 0 saturated carbocycles. The zero-order valence-electron chi connectivity index (χ0n) is 14.4. The molecule has 1 amide bonds. The molecule has 0 aromatic heterocycles. The molecule has 5 heteroatoms. The molecule has 1 atom stereocenters. The van der Waals surface area contributed by atoms with Gasteiger partial charge in [-0.2, -0.15) is 0 Å². The van der Waals surface area contributed by atoms with Crippen LogP contribution in [-0.4, -0.2) is 10.8 Å². The SMILES string of the molecule is CCC(NC(=O)c1ccc(C)c([N+](=O)[O-])c1)c1ccc(C)cc1C. The van der Waals surface area contributed by atoms with E-state index in [0.717, 1.165) is 17.5 Å². The fourth-order valence-corrected chi connectivity index (χ4v) is 2.81. The van der Waals surface area contributed by atoms with E-state index < -0.39 is 4.92 Å². The van der Waals surface area contributed by atoms with Gasteiger partial charge in [0, 0.05) is 17.2 Å². The molecule has 0 bridgehead atoms. The van der Waals surface area contributed by atoms with E-state index in [2.05, 4.69) is 11.4 Å². The number of nitrogens with one attached hydrogen (secondary N) is 1. The minimum absolute atomic E-state index is 0.0396. The quantitative estimate of drug-likeness (QED) is 0.654. The standard InChI is InChI=1S/C19H22N2O3/c1-5-17(16-9-6-12(2)10-14(16)4)20-19(22)15-8-7-13(3)18(11-15)21(23)24/h6-11,17H,5H2,1-4H3,(H,20,22). The number of aryl methyl sites for hydroxylation is 3. The van der Waals surface area contributed by atoms with Gasteiger partial charge in [-0.1, -0.05) is 36.8 Å². The smallest absolute Gasteiger partial charge is 0.273 e. The first-order valence-corrected chi connectivity index (χ1v) is 7.96. The Bertz CT molecular complexity index is 784. The zero-order chi connectivity index (χ0) is 17.9. The van der Waals surface area contributed by atoms with Gasteiger partial charge in [0.1, 0.15) is 0 Å². The molecule has 0 saturated heterocycles. The molecule has 0 aliphatic carbocycles. The molecule has 2 rings (SSSR count). The van der Waals surface area contributed by atoms with Crippen LogP contribution in [0.3, 0.4) is 0 Å². The number of nitro groups is 1. The molecule has 0 aliphatic heterocycles. The lowest BCUT2D eigenvalue weighted by Gasteiger charge is -2.20. The third kappa shape index (κ3) is 3.79. The van der Waals surface area contributed by atoms with Crippen molar-refractivity contribution in [1.82, 2.24) is 5.32 Å². The predicted octanol–water partition coefficient (Wildman–Crippen LogP) is 4.40. The van der Waals surface area contributed by atoms with Crippen LogP contribution in [0.1, 0.15) is 52.0 Å². The van der Waals surface area contributed by atoms with Gasteiger partial charge in [-0.3, -0.25) is 14.9 Å². The van der Waals surface area contributed by atoms with Crippen molar-refractivity contribution < 1.29 is 9.72 Å². The molecule has 1 unspecified atom stereocenters. The molecular weight excluding hydrogens is 304 g/mol. The Morgan fingerprint density at radius 2 is 1.83 bits per heavy atom. The number of hydrogen-bond donors (Lipinski definition) is 1. The number of carbonyl (C=O) groups is 1. The van der Waals surface area contributed by atoms with Crippen LogP contribution in [0.2, 0.25) is 0 Å². The van der Waals surface area contributed by atoms with E-state index in [1.807, 2.05) is 32.9 Å². The highest BCUT2D eigenvalue weighted by molar-refractivity contribution is 5.95. The highest BCUT2D eigenvalue weighted by atomic mass is 16.6. The third-order valence-corrected chi connectivity index (χ3v) is 4.18. The van der Waals surface area contributed by atoms with Gasteiger partial charge >= 0.3 is 0 Å². The molecule has 0 spiro atoms. The second kappa shape index (κ2) is 7.25. The van der Waals surface area contributed by atoms with Crippen molar-refractivity contribution in [2.45, 2.75) is 40.2 Å². The van der Waals surface area contributed by atoms with Gasteiger partial charge in [-0.25, -0.2) is 0 Å².